The van der Waals surface area contributed by atoms with Crippen LogP contribution in [-0.4, -0.2) is 0 Å². The molecule has 0 aliphatic rings. The van der Waals surface area contributed by atoms with Crippen LogP contribution in [0, 0.1) is 18.8 Å². The summed E-state index contributed by atoms with van der Waals surface area (Å²) in [7, 11) is -8.66. The normalized spacial score (nSPS) is 13.6. The Kier molecular flexibility index (Phi) is 4.84. The number of aryl methyl sites for hydroxylation is 2. The Morgan fingerprint density at radius 2 is 1.30 bits per heavy atom. The molecule has 0 spiro atoms. The predicted molar refractivity (Wildman–Crippen MR) is 78.3 cm³/mol. The molecule has 0 saturated carbocycles. The van der Waals surface area contributed by atoms with Gasteiger partial charge in [-0.25, -0.2) is 4.57 Å². The fourth-order valence-corrected chi connectivity index (χ4v) is 1.44. The summed E-state index contributed by atoms with van der Waals surface area (Å²) in [5.41, 5.74) is 3.35. The summed E-state index contributed by atoms with van der Waals surface area (Å²) in [6.45, 7) is 2.08. The molecule has 0 aliphatic heterocycles. The maximum absolute atomic E-state index is 10.7. The molecule has 126 valence electrons. The van der Waals surface area contributed by atoms with E-state index in [0.29, 0.717) is 0 Å². The molecule has 0 N–H and O–H groups in total. The standard InChI is InChI=1S/C15H14N.F6P/c1-13-5-7-14(8-6-13)9-10-15-4-3-11-16(2)12-15;1-7(2,3,4,5)6/h3-8,11-12H,1-2H3;/q+1;-1. The summed E-state index contributed by atoms with van der Waals surface area (Å²) in [4.78, 5) is 0. The first-order valence-electron chi connectivity index (χ1n) is 6.29. The van der Waals surface area contributed by atoms with Gasteiger partial charge in [-0.1, -0.05) is 29.5 Å². The fraction of sp³-hybridized carbons (Fsp3) is 0.133. The van der Waals surface area contributed by atoms with Crippen molar-refractivity contribution < 1.29 is 29.7 Å². The van der Waals surface area contributed by atoms with Crippen molar-refractivity contribution in [3.63, 3.8) is 0 Å². The molecule has 2 rings (SSSR count). The van der Waals surface area contributed by atoms with E-state index in [-0.39, 0.29) is 0 Å². The number of halogens is 6. The van der Waals surface area contributed by atoms with Gasteiger partial charge in [0.15, 0.2) is 12.4 Å². The summed E-state index contributed by atoms with van der Waals surface area (Å²) < 4.78 is 61.2. The van der Waals surface area contributed by atoms with Gasteiger partial charge >= 0.3 is 33.0 Å². The maximum atomic E-state index is 9.87. The van der Waals surface area contributed by atoms with E-state index in [1.165, 1.54) is 5.56 Å². The number of benzene rings is 1. The molecular weight excluding hydrogens is 339 g/mol. The van der Waals surface area contributed by atoms with Crippen LogP contribution >= 0.6 is 7.81 Å². The third-order valence-corrected chi connectivity index (χ3v) is 2.34. The fourth-order valence-electron chi connectivity index (χ4n) is 1.44. The van der Waals surface area contributed by atoms with Crippen LogP contribution < -0.4 is 4.57 Å². The van der Waals surface area contributed by atoms with Gasteiger partial charge in [0.2, 0.25) is 0 Å². The molecule has 0 atom stereocenters. The van der Waals surface area contributed by atoms with Crippen molar-refractivity contribution in [1.29, 1.82) is 0 Å². The average Bonchev–Trinajstić information content (AvgIpc) is 2.34. The molecule has 0 bridgehead atoms. The van der Waals surface area contributed by atoms with Gasteiger partial charge in [0, 0.05) is 11.6 Å². The third kappa shape index (κ3) is 12.2. The van der Waals surface area contributed by atoms with Crippen LogP contribution in [0.5, 0.6) is 0 Å². The van der Waals surface area contributed by atoms with Crippen LogP contribution in [0.2, 0.25) is 0 Å². The van der Waals surface area contributed by atoms with Gasteiger partial charge in [0.05, 0.1) is 5.56 Å². The quantitative estimate of drug-likeness (QED) is 0.251. The molecule has 0 saturated heterocycles. The van der Waals surface area contributed by atoms with Crippen LogP contribution in [-0.2, 0) is 7.05 Å². The van der Waals surface area contributed by atoms with Crippen LogP contribution in [0.4, 0.5) is 25.2 Å². The number of pyridine rings is 1. The van der Waals surface area contributed by atoms with Gasteiger partial charge in [-0.2, -0.15) is 0 Å². The van der Waals surface area contributed by atoms with Crippen molar-refractivity contribution >= 4 is 7.81 Å². The van der Waals surface area contributed by atoms with E-state index in [0.717, 1.165) is 11.1 Å². The van der Waals surface area contributed by atoms with E-state index < -0.39 is 7.81 Å². The summed E-state index contributed by atoms with van der Waals surface area (Å²) in [5.74, 6) is 6.30. The number of nitrogens with zero attached hydrogens (tertiary/aromatic N) is 1. The third-order valence-electron chi connectivity index (χ3n) is 2.34. The topological polar surface area (TPSA) is 3.88 Å². The number of rotatable bonds is 0. The van der Waals surface area contributed by atoms with Crippen LogP contribution in [0.15, 0.2) is 48.8 Å². The van der Waals surface area contributed by atoms with E-state index >= 15 is 0 Å². The van der Waals surface area contributed by atoms with E-state index in [9.17, 15) is 25.2 Å². The average molecular weight is 353 g/mol. The molecule has 0 unspecified atom stereocenters. The first-order valence-corrected chi connectivity index (χ1v) is 8.32. The second-order valence-electron chi connectivity index (χ2n) is 4.83. The molecule has 0 aliphatic carbocycles. The Bertz CT molecular complexity index is 728. The van der Waals surface area contributed by atoms with E-state index in [2.05, 4.69) is 30.9 Å². The van der Waals surface area contributed by atoms with Gasteiger partial charge in [-0.05, 0) is 25.1 Å². The van der Waals surface area contributed by atoms with Gasteiger partial charge in [0.1, 0.15) is 7.05 Å². The van der Waals surface area contributed by atoms with Crippen LogP contribution in [0.1, 0.15) is 16.7 Å². The zero-order valence-electron chi connectivity index (χ0n) is 12.3. The first-order chi connectivity index (χ1) is 10.2. The Morgan fingerprint density at radius 3 is 1.78 bits per heavy atom. The van der Waals surface area contributed by atoms with Crippen LogP contribution in [0.25, 0.3) is 0 Å². The first kappa shape index (κ1) is 19.0. The molecule has 1 heterocycles. The Morgan fingerprint density at radius 1 is 0.826 bits per heavy atom. The summed E-state index contributed by atoms with van der Waals surface area (Å²) in [5, 5.41) is 0. The molecule has 0 radical (unpaired) electrons. The molecule has 0 amide bonds. The van der Waals surface area contributed by atoms with E-state index in [1.54, 1.807) is 0 Å². The van der Waals surface area contributed by atoms with Crippen LogP contribution in [0.3, 0.4) is 0 Å². The van der Waals surface area contributed by atoms with Crippen molar-refractivity contribution in [2.75, 3.05) is 0 Å². The minimum atomic E-state index is -10.7. The predicted octanol–water partition coefficient (Wildman–Crippen LogP) is 5.60. The molecule has 1 aromatic carbocycles. The second-order valence-corrected chi connectivity index (χ2v) is 6.75. The molecule has 2 aromatic rings. The van der Waals surface area contributed by atoms with Crippen molar-refractivity contribution in [3.05, 3.63) is 65.5 Å². The molecule has 23 heavy (non-hydrogen) atoms. The molecule has 1 aromatic heterocycles. The molecular formula is C15H14F6NP. The minimum absolute atomic E-state index is 1.03. The van der Waals surface area contributed by atoms with Crippen molar-refractivity contribution in [3.8, 4) is 11.8 Å². The Hall–Kier alpha value is -2.06. The van der Waals surface area contributed by atoms with Gasteiger partial charge in [0.25, 0.3) is 0 Å². The number of hydrogen-bond acceptors (Lipinski definition) is 0. The number of hydrogen-bond donors (Lipinski definition) is 0. The van der Waals surface area contributed by atoms with Crippen molar-refractivity contribution in [2.45, 2.75) is 6.92 Å². The van der Waals surface area contributed by atoms with E-state index in [4.69, 9.17) is 0 Å². The monoisotopic (exact) mass is 353 g/mol. The van der Waals surface area contributed by atoms with Gasteiger partial charge in [-0.15, -0.1) is 0 Å². The Balaban J connectivity index is 0.000000322. The van der Waals surface area contributed by atoms with Crippen molar-refractivity contribution in [1.82, 2.24) is 0 Å². The Labute approximate surface area is 129 Å². The zero-order valence-corrected chi connectivity index (χ0v) is 13.2. The SMILES string of the molecule is Cc1ccc(C#Cc2ccc[n+](C)c2)cc1.F[P-](F)(F)(F)(F)F. The summed E-state index contributed by atoms with van der Waals surface area (Å²) >= 11 is 0. The van der Waals surface area contributed by atoms with Gasteiger partial charge < -0.3 is 0 Å². The summed E-state index contributed by atoms with van der Waals surface area (Å²) in [6, 6.07) is 12.3. The van der Waals surface area contributed by atoms with E-state index in [1.807, 2.05) is 48.3 Å². The van der Waals surface area contributed by atoms with Crippen molar-refractivity contribution in [2.24, 2.45) is 7.05 Å². The zero-order chi connectivity index (χ0) is 17.8. The second kappa shape index (κ2) is 5.86. The number of aromatic nitrogens is 1. The van der Waals surface area contributed by atoms with Gasteiger partial charge in [-0.3, -0.25) is 0 Å². The molecule has 8 heteroatoms. The summed E-state index contributed by atoms with van der Waals surface area (Å²) in [6.07, 6.45) is 4.01. The molecule has 1 nitrogen and oxygen atoms in total. The molecule has 0 fully saturated rings.